The van der Waals surface area contributed by atoms with Crippen LogP contribution in [0.5, 0.6) is 28.7 Å². The van der Waals surface area contributed by atoms with Crippen LogP contribution in [0.15, 0.2) is 78.9 Å². The van der Waals surface area contributed by atoms with Crippen molar-refractivity contribution in [3.05, 3.63) is 118 Å². The van der Waals surface area contributed by atoms with Crippen LogP contribution in [0.3, 0.4) is 0 Å². The van der Waals surface area contributed by atoms with Crippen molar-refractivity contribution in [2.75, 3.05) is 28.4 Å². The van der Waals surface area contributed by atoms with Gasteiger partial charge in [-0.05, 0) is 102 Å². The second-order valence-electron chi connectivity index (χ2n) is 13.7. The highest BCUT2D eigenvalue weighted by molar-refractivity contribution is 6.10. The molecule has 5 aromatic carbocycles. The van der Waals surface area contributed by atoms with Crippen molar-refractivity contribution in [1.82, 2.24) is 0 Å². The molecular weight excluding hydrogens is 622 g/mol. The topological polar surface area (TPSA) is 46.2 Å². The van der Waals surface area contributed by atoms with E-state index in [1.54, 1.807) is 28.4 Å². The van der Waals surface area contributed by atoms with E-state index in [2.05, 4.69) is 12.2 Å². The molecule has 1 aliphatic heterocycles. The molecule has 5 aromatic rings. The van der Waals surface area contributed by atoms with E-state index in [0.29, 0.717) is 34.3 Å². The number of halogens is 2. The highest BCUT2D eigenvalue weighted by atomic mass is 19.1. The third kappa shape index (κ3) is 4.02. The summed E-state index contributed by atoms with van der Waals surface area (Å²) < 4.78 is 61.7. The second-order valence-corrected chi connectivity index (χ2v) is 13.7. The van der Waals surface area contributed by atoms with Crippen molar-refractivity contribution < 1.29 is 32.5 Å². The predicted molar refractivity (Wildman–Crippen MR) is 185 cm³/mol. The van der Waals surface area contributed by atoms with Gasteiger partial charge in [0.1, 0.15) is 28.9 Å². The standard InChI is InChI=1S/C42H36F2O5/c1-45-28-11-7-24(8-12-28)42(25-9-13-29(46-2)14-10-25)16-15-30-39-37(31-20-35(47-3)36(48-4)21-32(31)40(30)49-42)33-18-27(43)19-34(44)38(33)41(39)22-23-5-6-26(41)17-23/h7-16,18-21,23,26H,5-6,17,22H2,1-4H3. The highest BCUT2D eigenvalue weighted by Gasteiger charge is 2.60. The van der Waals surface area contributed by atoms with Gasteiger partial charge in [-0.3, -0.25) is 0 Å². The van der Waals surface area contributed by atoms with Crippen LogP contribution in [0.25, 0.3) is 28.0 Å². The van der Waals surface area contributed by atoms with E-state index < -0.39 is 22.7 Å². The maximum absolute atomic E-state index is 16.4. The number of ether oxygens (including phenoxy) is 5. The summed E-state index contributed by atoms with van der Waals surface area (Å²) in [5.41, 5.74) is 4.20. The molecule has 5 nitrogen and oxygen atoms in total. The molecule has 0 N–H and O–H groups in total. The van der Waals surface area contributed by atoms with Gasteiger partial charge in [-0.1, -0.05) is 36.8 Å². The maximum Gasteiger partial charge on any atom is 0.178 e. The average Bonchev–Trinajstić information content (AvgIpc) is 3.83. The Bertz CT molecular complexity index is 2140. The van der Waals surface area contributed by atoms with Gasteiger partial charge in [-0.15, -0.1) is 0 Å². The van der Waals surface area contributed by atoms with Crippen LogP contribution in [0.4, 0.5) is 8.78 Å². The lowest BCUT2D eigenvalue weighted by atomic mass is 9.65. The van der Waals surface area contributed by atoms with Gasteiger partial charge in [-0.25, -0.2) is 8.78 Å². The van der Waals surface area contributed by atoms with Gasteiger partial charge in [0.25, 0.3) is 0 Å². The Kier molecular flexibility index (Phi) is 6.58. The Morgan fingerprint density at radius 1 is 0.714 bits per heavy atom. The number of fused-ring (bicyclic) bond motifs is 13. The molecule has 1 heterocycles. The molecule has 0 saturated heterocycles. The van der Waals surface area contributed by atoms with Gasteiger partial charge in [0.15, 0.2) is 17.1 Å². The van der Waals surface area contributed by atoms with Gasteiger partial charge < -0.3 is 23.7 Å². The summed E-state index contributed by atoms with van der Waals surface area (Å²) in [6, 6.07) is 22.2. The fourth-order valence-corrected chi connectivity index (χ4v) is 9.66. The van der Waals surface area contributed by atoms with E-state index in [0.717, 1.165) is 81.8 Å². The Balaban J connectivity index is 1.40. The molecular formula is C42H36F2O5. The van der Waals surface area contributed by atoms with Crippen LogP contribution in [0.2, 0.25) is 0 Å². The molecule has 2 saturated carbocycles. The zero-order chi connectivity index (χ0) is 33.7. The van der Waals surface area contributed by atoms with Gasteiger partial charge in [0.05, 0.1) is 28.4 Å². The quantitative estimate of drug-likeness (QED) is 0.182. The van der Waals surface area contributed by atoms with Crippen LogP contribution >= 0.6 is 0 Å². The Labute approximate surface area is 284 Å². The van der Waals surface area contributed by atoms with Crippen LogP contribution in [0, 0.1) is 23.5 Å². The van der Waals surface area contributed by atoms with Crippen molar-refractivity contribution in [2.24, 2.45) is 11.8 Å². The lowest BCUT2D eigenvalue weighted by Crippen LogP contribution is -2.37. The molecule has 4 aliphatic rings. The normalized spacial score (nSPS) is 22.1. The SMILES string of the molecule is COc1ccc(C2(c3ccc(OC)cc3)C=Cc3c4c(c5cc(OC)c(OC)cc5c3O2)-c2cc(F)cc(F)c2C42CC3CCC2C3)cc1. The molecule has 0 radical (unpaired) electrons. The van der Waals surface area contributed by atoms with Gasteiger partial charge in [0, 0.05) is 39.1 Å². The lowest BCUT2D eigenvalue weighted by Gasteiger charge is -2.41. The fourth-order valence-electron chi connectivity index (χ4n) is 9.66. The molecule has 3 atom stereocenters. The average molecular weight is 659 g/mol. The van der Waals surface area contributed by atoms with E-state index in [-0.39, 0.29) is 5.92 Å². The van der Waals surface area contributed by atoms with Gasteiger partial charge in [-0.2, -0.15) is 0 Å². The molecule has 7 heteroatoms. The summed E-state index contributed by atoms with van der Waals surface area (Å²) in [6.45, 7) is 0. The molecule has 0 amide bonds. The van der Waals surface area contributed by atoms with E-state index >= 15 is 8.78 Å². The Hall–Kier alpha value is -5.04. The van der Waals surface area contributed by atoms with Crippen LogP contribution in [0.1, 0.15) is 53.5 Å². The third-order valence-electron chi connectivity index (χ3n) is 11.7. The summed E-state index contributed by atoms with van der Waals surface area (Å²) in [6.07, 6.45) is 8.24. The van der Waals surface area contributed by atoms with Crippen LogP contribution < -0.4 is 23.7 Å². The van der Waals surface area contributed by atoms with E-state index in [9.17, 15) is 0 Å². The summed E-state index contributed by atoms with van der Waals surface area (Å²) in [5, 5.41) is 1.59. The fraction of sp³-hybridized carbons (Fsp3) is 0.286. The van der Waals surface area contributed by atoms with Crippen molar-refractivity contribution in [3.8, 4) is 39.9 Å². The molecule has 2 bridgehead atoms. The number of hydrogen-bond donors (Lipinski definition) is 0. The summed E-state index contributed by atoms with van der Waals surface area (Å²) in [7, 11) is 6.50. The van der Waals surface area contributed by atoms with E-state index in [1.165, 1.54) is 6.07 Å². The van der Waals surface area contributed by atoms with E-state index in [4.69, 9.17) is 23.7 Å². The molecule has 9 rings (SSSR count). The molecule has 1 spiro atoms. The van der Waals surface area contributed by atoms with Gasteiger partial charge in [0.2, 0.25) is 0 Å². The molecule has 49 heavy (non-hydrogen) atoms. The van der Waals surface area contributed by atoms with Crippen molar-refractivity contribution in [2.45, 2.75) is 36.7 Å². The molecule has 3 aliphatic carbocycles. The highest BCUT2D eigenvalue weighted by Crippen LogP contribution is 2.69. The third-order valence-corrected chi connectivity index (χ3v) is 11.7. The monoisotopic (exact) mass is 658 g/mol. The zero-order valence-corrected chi connectivity index (χ0v) is 27.9. The number of methoxy groups -OCH3 is 4. The van der Waals surface area contributed by atoms with E-state index in [1.807, 2.05) is 60.7 Å². The summed E-state index contributed by atoms with van der Waals surface area (Å²) >= 11 is 0. The summed E-state index contributed by atoms with van der Waals surface area (Å²) in [4.78, 5) is 0. The molecule has 0 aromatic heterocycles. The van der Waals surface area contributed by atoms with Crippen molar-refractivity contribution >= 4 is 16.8 Å². The molecule has 3 unspecified atom stereocenters. The number of rotatable bonds is 6. The minimum Gasteiger partial charge on any atom is -0.497 e. The van der Waals surface area contributed by atoms with Crippen molar-refractivity contribution in [3.63, 3.8) is 0 Å². The largest absolute Gasteiger partial charge is 0.497 e. The molecule has 2 fully saturated rings. The minimum absolute atomic E-state index is 0.238. The number of benzene rings is 5. The lowest BCUT2D eigenvalue weighted by molar-refractivity contribution is 0.162. The number of hydrogen-bond acceptors (Lipinski definition) is 5. The predicted octanol–water partition coefficient (Wildman–Crippen LogP) is 9.59. The first-order valence-corrected chi connectivity index (χ1v) is 16.8. The zero-order valence-electron chi connectivity index (χ0n) is 27.9. The minimum atomic E-state index is -1.04. The maximum atomic E-state index is 16.4. The van der Waals surface area contributed by atoms with Crippen LogP contribution in [-0.2, 0) is 11.0 Å². The second kappa shape index (κ2) is 10.7. The van der Waals surface area contributed by atoms with Crippen molar-refractivity contribution in [1.29, 1.82) is 0 Å². The smallest absolute Gasteiger partial charge is 0.178 e. The first kappa shape index (κ1) is 30.1. The first-order valence-electron chi connectivity index (χ1n) is 16.8. The van der Waals surface area contributed by atoms with Gasteiger partial charge >= 0.3 is 0 Å². The molecule has 248 valence electrons. The Morgan fingerprint density at radius 3 is 1.90 bits per heavy atom. The summed E-state index contributed by atoms with van der Waals surface area (Å²) in [5.74, 6) is 2.86. The first-order chi connectivity index (χ1) is 23.8. The Morgan fingerprint density at radius 2 is 1.35 bits per heavy atom. The van der Waals surface area contributed by atoms with Crippen LogP contribution in [-0.4, -0.2) is 28.4 Å².